The molecule has 2 amide bonds. The fraction of sp³-hybridized carbons (Fsp3) is 0.800. The van der Waals surface area contributed by atoms with Crippen molar-refractivity contribution >= 4 is 11.8 Å². The van der Waals surface area contributed by atoms with E-state index in [1.807, 2.05) is 13.8 Å². The molecule has 0 saturated carbocycles. The lowest BCUT2D eigenvalue weighted by atomic mass is 10.2. The van der Waals surface area contributed by atoms with Crippen molar-refractivity contribution in [2.75, 3.05) is 6.54 Å². The standard InChI is InChI=1S/C10H21N3O2/c1-4-7(2)13-10(15)8(3)12-6-5-9(11)14/h7-8,12H,4-6H2,1-3H3,(H2,11,14)(H,13,15). The van der Waals surface area contributed by atoms with Crippen molar-refractivity contribution < 1.29 is 9.59 Å². The van der Waals surface area contributed by atoms with Gasteiger partial charge in [0.05, 0.1) is 6.04 Å². The lowest BCUT2D eigenvalue weighted by Gasteiger charge is -2.17. The highest BCUT2D eigenvalue weighted by atomic mass is 16.2. The fourth-order valence-corrected chi connectivity index (χ4v) is 0.974. The summed E-state index contributed by atoms with van der Waals surface area (Å²) in [5.41, 5.74) is 4.98. The predicted octanol–water partition coefficient (Wildman–Crippen LogP) is -0.245. The van der Waals surface area contributed by atoms with Crippen LogP contribution in [0.5, 0.6) is 0 Å². The maximum Gasteiger partial charge on any atom is 0.237 e. The van der Waals surface area contributed by atoms with Gasteiger partial charge in [0.25, 0.3) is 0 Å². The normalized spacial score (nSPS) is 14.3. The second kappa shape index (κ2) is 7.23. The van der Waals surface area contributed by atoms with E-state index in [0.717, 1.165) is 6.42 Å². The summed E-state index contributed by atoms with van der Waals surface area (Å²) < 4.78 is 0. The summed E-state index contributed by atoms with van der Waals surface area (Å²) in [6.07, 6.45) is 1.15. The van der Waals surface area contributed by atoms with Crippen LogP contribution >= 0.6 is 0 Å². The minimum Gasteiger partial charge on any atom is -0.370 e. The molecule has 5 nitrogen and oxygen atoms in total. The van der Waals surface area contributed by atoms with Crippen LogP contribution in [-0.2, 0) is 9.59 Å². The van der Waals surface area contributed by atoms with Gasteiger partial charge < -0.3 is 16.4 Å². The Morgan fingerprint density at radius 1 is 1.33 bits per heavy atom. The Labute approximate surface area is 90.8 Å². The molecule has 0 aliphatic rings. The Morgan fingerprint density at radius 3 is 2.40 bits per heavy atom. The molecule has 0 heterocycles. The quantitative estimate of drug-likeness (QED) is 0.548. The monoisotopic (exact) mass is 215 g/mol. The van der Waals surface area contributed by atoms with Gasteiger partial charge in [-0.25, -0.2) is 0 Å². The molecule has 0 aliphatic carbocycles. The predicted molar refractivity (Wildman–Crippen MR) is 59.2 cm³/mol. The molecule has 0 saturated heterocycles. The number of hydrogen-bond donors (Lipinski definition) is 3. The summed E-state index contributed by atoms with van der Waals surface area (Å²) in [5, 5.41) is 5.78. The van der Waals surface area contributed by atoms with Gasteiger partial charge in [-0.1, -0.05) is 6.92 Å². The van der Waals surface area contributed by atoms with E-state index in [2.05, 4.69) is 10.6 Å². The van der Waals surface area contributed by atoms with E-state index in [1.54, 1.807) is 6.92 Å². The summed E-state index contributed by atoms with van der Waals surface area (Å²) >= 11 is 0. The third-order valence-corrected chi connectivity index (χ3v) is 2.22. The highest BCUT2D eigenvalue weighted by Gasteiger charge is 2.13. The molecule has 2 unspecified atom stereocenters. The van der Waals surface area contributed by atoms with Gasteiger partial charge in [0.1, 0.15) is 0 Å². The fourth-order valence-electron chi connectivity index (χ4n) is 0.974. The van der Waals surface area contributed by atoms with E-state index in [4.69, 9.17) is 5.73 Å². The molecule has 2 atom stereocenters. The summed E-state index contributed by atoms with van der Waals surface area (Å²) in [7, 11) is 0. The number of nitrogens with two attached hydrogens (primary N) is 1. The van der Waals surface area contributed by atoms with E-state index in [-0.39, 0.29) is 30.3 Å². The van der Waals surface area contributed by atoms with Crippen LogP contribution in [0.15, 0.2) is 0 Å². The van der Waals surface area contributed by atoms with Gasteiger partial charge in [0, 0.05) is 19.0 Å². The Balaban J connectivity index is 3.74. The molecule has 5 heteroatoms. The highest BCUT2D eigenvalue weighted by molar-refractivity contribution is 5.81. The molecule has 0 radical (unpaired) electrons. The van der Waals surface area contributed by atoms with Gasteiger partial charge in [-0.05, 0) is 20.3 Å². The third kappa shape index (κ3) is 6.90. The molecular weight excluding hydrogens is 194 g/mol. The lowest BCUT2D eigenvalue weighted by Crippen LogP contribution is -2.45. The molecule has 0 fully saturated rings. The minimum atomic E-state index is -0.364. The number of carbonyl (C=O) groups excluding carboxylic acids is 2. The number of nitrogens with one attached hydrogen (secondary N) is 2. The van der Waals surface area contributed by atoms with Gasteiger partial charge in [0.2, 0.25) is 11.8 Å². The molecule has 0 aromatic carbocycles. The number of hydrogen-bond acceptors (Lipinski definition) is 3. The third-order valence-electron chi connectivity index (χ3n) is 2.22. The lowest BCUT2D eigenvalue weighted by molar-refractivity contribution is -0.124. The number of rotatable bonds is 7. The van der Waals surface area contributed by atoms with Crippen molar-refractivity contribution in [2.45, 2.75) is 45.7 Å². The molecule has 0 rings (SSSR count). The molecule has 0 aromatic rings. The zero-order valence-electron chi connectivity index (χ0n) is 9.67. The highest BCUT2D eigenvalue weighted by Crippen LogP contribution is 1.90. The van der Waals surface area contributed by atoms with Gasteiger partial charge >= 0.3 is 0 Å². The number of carbonyl (C=O) groups is 2. The maximum absolute atomic E-state index is 11.5. The first-order chi connectivity index (χ1) is 6.97. The molecule has 88 valence electrons. The zero-order chi connectivity index (χ0) is 11.8. The van der Waals surface area contributed by atoms with Gasteiger partial charge in [-0.3, -0.25) is 9.59 Å². The van der Waals surface area contributed by atoms with Crippen LogP contribution in [0.1, 0.15) is 33.6 Å². The van der Waals surface area contributed by atoms with Crippen LogP contribution in [0, 0.1) is 0 Å². The van der Waals surface area contributed by atoms with E-state index < -0.39 is 0 Å². The van der Waals surface area contributed by atoms with Crippen molar-refractivity contribution in [1.82, 2.24) is 10.6 Å². The van der Waals surface area contributed by atoms with Crippen LogP contribution in [0.2, 0.25) is 0 Å². The Kier molecular flexibility index (Phi) is 6.70. The van der Waals surface area contributed by atoms with Gasteiger partial charge in [0.15, 0.2) is 0 Å². The van der Waals surface area contributed by atoms with E-state index in [9.17, 15) is 9.59 Å². The van der Waals surface area contributed by atoms with Crippen molar-refractivity contribution in [3.05, 3.63) is 0 Å². The van der Waals surface area contributed by atoms with Crippen molar-refractivity contribution in [2.24, 2.45) is 5.73 Å². The van der Waals surface area contributed by atoms with Crippen LogP contribution in [0.4, 0.5) is 0 Å². The molecule has 0 aliphatic heterocycles. The number of primary amides is 1. The SMILES string of the molecule is CCC(C)NC(=O)C(C)NCCC(N)=O. The van der Waals surface area contributed by atoms with Crippen molar-refractivity contribution in [3.8, 4) is 0 Å². The van der Waals surface area contributed by atoms with Crippen LogP contribution in [0.3, 0.4) is 0 Å². The molecular formula is C10H21N3O2. The van der Waals surface area contributed by atoms with E-state index in [1.165, 1.54) is 0 Å². The molecule has 4 N–H and O–H groups in total. The summed E-state index contributed by atoms with van der Waals surface area (Å²) in [5.74, 6) is -0.411. The largest absolute Gasteiger partial charge is 0.370 e. The van der Waals surface area contributed by atoms with E-state index >= 15 is 0 Å². The van der Waals surface area contributed by atoms with Crippen molar-refractivity contribution in [3.63, 3.8) is 0 Å². The Morgan fingerprint density at radius 2 is 1.93 bits per heavy atom. The summed E-state index contributed by atoms with van der Waals surface area (Å²) in [4.78, 5) is 22.0. The Hall–Kier alpha value is -1.10. The minimum absolute atomic E-state index is 0.0474. The smallest absolute Gasteiger partial charge is 0.237 e. The first-order valence-corrected chi connectivity index (χ1v) is 5.29. The van der Waals surface area contributed by atoms with Crippen LogP contribution < -0.4 is 16.4 Å². The average molecular weight is 215 g/mol. The Bertz CT molecular complexity index is 219. The second-order valence-corrected chi connectivity index (χ2v) is 3.71. The maximum atomic E-state index is 11.5. The molecule has 15 heavy (non-hydrogen) atoms. The second-order valence-electron chi connectivity index (χ2n) is 3.71. The summed E-state index contributed by atoms with van der Waals surface area (Å²) in [6.45, 7) is 6.16. The zero-order valence-corrected chi connectivity index (χ0v) is 9.67. The molecule has 0 spiro atoms. The van der Waals surface area contributed by atoms with Crippen molar-refractivity contribution in [1.29, 1.82) is 0 Å². The average Bonchev–Trinajstić information content (AvgIpc) is 2.16. The van der Waals surface area contributed by atoms with E-state index in [0.29, 0.717) is 6.54 Å². The van der Waals surface area contributed by atoms with Gasteiger partial charge in [-0.15, -0.1) is 0 Å². The number of amides is 2. The first kappa shape index (κ1) is 13.9. The summed E-state index contributed by atoms with van der Waals surface area (Å²) in [6, 6.07) is -0.115. The van der Waals surface area contributed by atoms with Gasteiger partial charge in [-0.2, -0.15) is 0 Å². The topological polar surface area (TPSA) is 84.2 Å². The molecule has 0 bridgehead atoms. The van der Waals surface area contributed by atoms with Crippen LogP contribution in [0.25, 0.3) is 0 Å². The molecule has 0 aromatic heterocycles. The van der Waals surface area contributed by atoms with Crippen LogP contribution in [-0.4, -0.2) is 30.4 Å². The first-order valence-electron chi connectivity index (χ1n) is 5.29.